The number of hydrogen-bond acceptors (Lipinski definition) is 6. The van der Waals surface area contributed by atoms with Gasteiger partial charge in [-0.15, -0.1) is 0 Å². The Kier molecular flexibility index (Phi) is 7.01. The Morgan fingerprint density at radius 3 is 2.59 bits per heavy atom. The molecule has 126 valence electrons. The van der Waals surface area contributed by atoms with Crippen molar-refractivity contribution in [1.29, 1.82) is 0 Å². The summed E-state index contributed by atoms with van der Waals surface area (Å²) in [4.78, 5) is 12.0. The topological polar surface area (TPSA) is 101 Å². The van der Waals surface area contributed by atoms with E-state index in [0.29, 0.717) is 26.2 Å². The van der Waals surface area contributed by atoms with Gasteiger partial charge in [-0.2, -0.15) is 0 Å². The zero-order valence-electron chi connectivity index (χ0n) is 13.3. The fraction of sp³-hybridized carbons (Fsp3) is 0.615. The van der Waals surface area contributed by atoms with E-state index in [1.165, 1.54) is 20.2 Å². The van der Waals surface area contributed by atoms with E-state index in [4.69, 9.17) is 9.15 Å². The number of hydrogen-bond donors (Lipinski definition) is 2. The van der Waals surface area contributed by atoms with Crippen molar-refractivity contribution in [3.05, 3.63) is 17.4 Å². The van der Waals surface area contributed by atoms with Crippen LogP contribution >= 0.6 is 0 Å². The zero-order chi connectivity index (χ0) is 16.8. The maximum atomic E-state index is 12.0. The van der Waals surface area contributed by atoms with E-state index in [1.807, 2.05) is 0 Å². The summed E-state index contributed by atoms with van der Waals surface area (Å²) < 4.78 is 35.0. The normalized spacial score (nSPS) is 11.9. The SMILES string of the molecule is COCCNCCNC(=O)c1cc(S(=O)(=O)N(C)C)oc1C. The van der Waals surface area contributed by atoms with Gasteiger partial charge in [0.1, 0.15) is 5.76 Å². The number of amides is 1. The Morgan fingerprint density at radius 2 is 2.00 bits per heavy atom. The number of ether oxygens (including phenoxy) is 1. The Labute approximate surface area is 130 Å². The van der Waals surface area contributed by atoms with E-state index in [9.17, 15) is 13.2 Å². The number of sulfonamides is 1. The fourth-order valence-electron chi connectivity index (χ4n) is 1.65. The molecule has 9 heteroatoms. The Morgan fingerprint density at radius 1 is 1.32 bits per heavy atom. The molecular weight excluding hydrogens is 310 g/mol. The number of nitrogens with one attached hydrogen (secondary N) is 2. The first-order valence-corrected chi connectivity index (χ1v) is 8.25. The highest BCUT2D eigenvalue weighted by atomic mass is 32.2. The standard InChI is InChI=1S/C13H23N3O5S/c1-10-11(9-12(21-10)22(18,19)16(2)3)13(17)15-6-5-14-7-8-20-4/h9,14H,5-8H2,1-4H3,(H,15,17). The van der Waals surface area contributed by atoms with Gasteiger partial charge < -0.3 is 19.8 Å². The smallest absolute Gasteiger partial charge is 0.275 e. The van der Waals surface area contributed by atoms with E-state index in [1.54, 1.807) is 14.0 Å². The van der Waals surface area contributed by atoms with Gasteiger partial charge in [-0.3, -0.25) is 4.79 Å². The molecule has 0 bridgehead atoms. The van der Waals surface area contributed by atoms with Crippen molar-refractivity contribution in [2.24, 2.45) is 0 Å². The average molecular weight is 333 g/mol. The van der Waals surface area contributed by atoms with Gasteiger partial charge in [-0.05, 0) is 6.92 Å². The number of carbonyl (C=O) groups is 1. The fourth-order valence-corrected chi connectivity index (χ4v) is 2.50. The summed E-state index contributed by atoms with van der Waals surface area (Å²) >= 11 is 0. The summed E-state index contributed by atoms with van der Waals surface area (Å²) in [5.74, 6) is -0.0970. The molecule has 0 aliphatic heterocycles. The van der Waals surface area contributed by atoms with Crippen LogP contribution in [-0.2, 0) is 14.8 Å². The molecule has 0 aliphatic carbocycles. The third-order valence-corrected chi connectivity index (χ3v) is 4.62. The molecule has 1 rings (SSSR count). The molecule has 0 saturated carbocycles. The lowest BCUT2D eigenvalue weighted by Gasteiger charge is -2.07. The lowest BCUT2D eigenvalue weighted by atomic mass is 10.2. The Bertz CT molecular complexity index is 595. The molecule has 0 aromatic carbocycles. The molecule has 0 aliphatic rings. The van der Waals surface area contributed by atoms with Gasteiger partial charge in [0, 0.05) is 46.9 Å². The third-order valence-electron chi connectivity index (χ3n) is 2.95. The van der Waals surface area contributed by atoms with Crippen molar-refractivity contribution in [2.75, 3.05) is 47.4 Å². The van der Waals surface area contributed by atoms with E-state index >= 15 is 0 Å². The van der Waals surface area contributed by atoms with Crippen LogP contribution in [-0.4, -0.2) is 66.1 Å². The first-order chi connectivity index (χ1) is 10.3. The van der Waals surface area contributed by atoms with Crippen molar-refractivity contribution >= 4 is 15.9 Å². The molecule has 8 nitrogen and oxygen atoms in total. The second-order valence-electron chi connectivity index (χ2n) is 4.82. The van der Waals surface area contributed by atoms with Crippen LogP contribution in [0.4, 0.5) is 0 Å². The maximum absolute atomic E-state index is 12.0. The number of nitrogens with zero attached hydrogens (tertiary/aromatic N) is 1. The molecule has 0 spiro atoms. The predicted octanol–water partition coefficient (Wildman–Crippen LogP) is -0.196. The number of rotatable bonds is 9. The minimum Gasteiger partial charge on any atom is -0.448 e. The van der Waals surface area contributed by atoms with Crippen molar-refractivity contribution in [3.63, 3.8) is 0 Å². The second kappa shape index (κ2) is 8.28. The molecule has 2 N–H and O–H groups in total. The summed E-state index contributed by atoms with van der Waals surface area (Å²) in [6.45, 7) is 3.86. The Hall–Kier alpha value is -1.42. The number of methoxy groups -OCH3 is 1. The molecular formula is C13H23N3O5S. The Balaban J connectivity index is 2.62. The van der Waals surface area contributed by atoms with Crippen molar-refractivity contribution < 1.29 is 22.4 Å². The highest BCUT2D eigenvalue weighted by Gasteiger charge is 2.25. The van der Waals surface area contributed by atoms with Crippen molar-refractivity contribution in [1.82, 2.24) is 14.9 Å². The highest BCUT2D eigenvalue weighted by Crippen LogP contribution is 2.21. The minimum atomic E-state index is -3.69. The van der Waals surface area contributed by atoms with Crippen molar-refractivity contribution in [3.8, 4) is 0 Å². The highest BCUT2D eigenvalue weighted by molar-refractivity contribution is 7.88. The number of furan rings is 1. The molecule has 1 amide bonds. The molecule has 0 fully saturated rings. The van der Waals surface area contributed by atoms with Gasteiger partial charge >= 0.3 is 0 Å². The van der Waals surface area contributed by atoms with E-state index < -0.39 is 10.0 Å². The lowest BCUT2D eigenvalue weighted by Crippen LogP contribution is -2.33. The zero-order valence-corrected chi connectivity index (χ0v) is 14.1. The molecule has 0 radical (unpaired) electrons. The molecule has 1 aromatic rings. The summed E-state index contributed by atoms with van der Waals surface area (Å²) in [6, 6.07) is 1.25. The predicted molar refractivity (Wildman–Crippen MR) is 81.4 cm³/mol. The average Bonchev–Trinajstić information content (AvgIpc) is 2.85. The largest absolute Gasteiger partial charge is 0.448 e. The maximum Gasteiger partial charge on any atom is 0.275 e. The molecule has 0 unspecified atom stereocenters. The molecule has 1 heterocycles. The monoisotopic (exact) mass is 333 g/mol. The summed E-state index contributed by atoms with van der Waals surface area (Å²) in [6.07, 6.45) is 0. The first-order valence-electron chi connectivity index (χ1n) is 6.81. The number of carbonyl (C=O) groups excluding carboxylic acids is 1. The van der Waals surface area contributed by atoms with Gasteiger partial charge in [0.05, 0.1) is 12.2 Å². The summed E-state index contributed by atoms with van der Waals surface area (Å²) in [7, 11) is 0.731. The second-order valence-corrected chi connectivity index (χ2v) is 6.90. The van der Waals surface area contributed by atoms with Crippen molar-refractivity contribution in [2.45, 2.75) is 12.0 Å². The van der Waals surface area contributed by atoms with Crippen LogP contribution < -0.4 is 10.6 Å². The van der Waals surface area contributed by atoms with Gasteiger partial charge in [-0.25, -0.2) is 12.7 Å². The molecule has 1 aromatic heterocycles. The van der Waals surface area contributed by atoms with Gasteiger partial charge in [0.15, 0.2) is 0 Å². The van der Waals surface area contributed by atoms with Crippen LogP contribution in [0.3, 0.4) is 0 Å². The van der Waals surface area contributed by atoms with Crippen LogP contribution in [0.25, 0.3) is 0 Å². The van der Waals surface area contributed by atoms with Gasteiger partial charge in [0.25, 0.3) is 15.9 Å². The minimum absolute atomic E-state index is 0.220. The van der Waals surface area contributed by atoms with Crippen LogP contribution in [0.15, 0.2) is 15.6 Å². The van der Waals surface area contributed by atoms with Crippen LogP contribution in [0.5, 0.6) is 0 Å². The van der Waals surface area contributed by atoms with E-state index in [0.717, 1.165) is 4.31 Å². The summed E-state index contributed by atoms with van der Waals surface area (Å²) in [5.41, 5.74) is 0.220. The van der Waals surface area contributed by atoms with E-state index in [-0.39, 0.29) is 22.3 Å². The molecule has 22 heavy (non-hydrogen) atoms. The van der Waals surface area contributed by atoms with Crippen LogP contribution in [0.2, 0.25) is 0 Å². The number of aryl methyl sites for hydroxylation is 1. The first kappa shape index (κ1) is 18.6. The van der Waals surface area contributed by atoms with Crippen LogP contribution in [0, 0.1) is 6.92 Å². The quantitative estimate of drug-likeness (QED) is 0.607. The van der Waals surface area contributed by atoms with Gasteiger partial charge in [-0.1, -0.05) is 0 Å². The van der Waals surface area contributed by atoms with Crippen LogP contribution in [0.1, 0.15) is 16.1 Å². The van der Waals surface area contributed by atoms with Gasteiger partial charge in [0.2, 0.25) is 5.09 Å². The third kappa shape index (κ3) is 4.80. The molecule has 0 saturated heterocycles. The summed E-state index contributed by atoms with van der Waals surface area (Å²) in [5, 5.41) is 5.55. The van der Waals surface area contributed by atoms with E-state index in [2.05, 4.69) is 10.6 Å². The lowest BCUT2D eigenvalue weighted by molar-refractivity contribution is 0.0952. The molecule has 0 atom stereocenters.